The van der Waals surface area contributed by atoms with Crippen molar-refractivity contribution in [3.63, 3.8) is 0 Å². The second kappa shape index (κ2) is 6.30. The van der Waals surface area contributed by atoms with Gasteiger partial charge in [-0.1, -0.05) is 19.3 Å². The monoisotopic (exact) mass is 296 g/mol. The molecular formula is C13H20N4O2S. The van der Waals surface area contributed by atoms with E-state index in [1.165, 1.54) is 31.4 Å². The third kappa shape index (κ3) is 3.33. The minimum atomic E-state index is -0.429. The summed E-state index contributed by atoms with van der Waals surface area (Å²) in [7, 11) is 0. The number of rotatable bonds is 5. The fourth-order valence-corrected chi connectivity index (χ4v) is 3.55. The van der Waals surface area contributed by atoms with Gasteiger partial charge in [-0.3, -0.25) is 10.1 Å². The third-order valence-corrected chi connectivity index (χ3v) is 5.29. The van der Waals surface area contributed by atoms with E-state index < -0.39 is 4.92 Å². The van der Waals surface area contributed by atoms with Gasteiger partial charge in [0.1, 0.15) is 5.82 Å². The van der Waals surface area contributed by atoms with Gasteiger partial charge in [0, 0.05) is 17.4 Å². The van der Waals surface area contributed by atoms with E-state index in [4.69, 9.17) is 5.73 Å². The number of hydrogen-bond acceptors (Lipinski definition) is 6. The Bertz CT molecular complexity index is 489. The largest absolute Gasteiger partial charge is 0.384 e. The molecule has 1 fully saturated rings. The summed E-state index contributed by atoms with van der Waals surface area (Å²) in [5.41, 5.74) is 5.60. The van der Waals surface area contributed by atoms with Gasteiger partial charge >= 0.3 is 5.69 Å². The molecule has 0 saturated heterocycles. The van der Waals surface area contributed by atoms with E-state index >= 15 is 0 Å². The van der Waals surface area contributed by atoms with Crippen LogP contribution in [0.15, 0.2) is 12.1 Å². The number of nitro groups is 1. The second-order valence-electron chi connectivity index (χ2n) is 5.16. The number of aromatic nitrogens is 1. The van der Waals surface area contributed by atoms with Gasteiger partial charge in [0.15, 0.2) is 0 Å². The van der Waals surface area contributed by atoms with E-state index in [9.17, 15) is 10.1 Å². The Morgan fingerprint density at radius 1 is 1.45 bits per heavy atom. The molecule has 1 aliphatic carbocycles. The second-order valence-corrected chi connectivity index (χ2v) is 6.44. The summed E-state index contributed by atoms with van der Waals surface area (Å²) in [5, 5.41) is 14.2. The molecule has 6 nitrogen and oxygen atoms in total. The van der Waals surface area contributed by atoms with Crippen LogP contribution in [0.4, 0.5) is 17.3 Å². The minimum Gasteiger partial charge on any atom is -0.384 e. The van der Waals surface area contributed by atoms with Gasteiger partial charge in [-0.05, 0) is 25.2 Å². The van der Waals surface area contributed by atoms with Crippen molar-refractivity contribution in [1.82, 2.24) is 4.98 Å². The lowest BCUT2D eigenvalue weighted by Crippen LogP contribution is -2.35. The first-order chi connectivity index (χ1) is 9.56. The van der Waals surface area contributed by atoms with Crippen molar-refractivity contribution in [1.29, 1.82) is 0 Å². The zero-order valence-electron chi connectivity index (χ0n) is 11.6. The normalized spacial score (nSPS) is 17.6. The SMILES string of the molecule is CSC1(CNc2nc(N)ccc2[N+](=O)[O-])CCCCC1. The number of nitrogens with zero attached hydrogens (tertiary/aromatic N) is 2. The number of nitrogens with two attached hydrogens (primary N) is 1. The van der Waals surface area contributed by atoms with E-state index in [-0.39, 0.29) is 16.3 Å². The number of pyridine rings is 1. The summed E-state index contributed by atoms with van der Waals surface area (Å²) >= 11 is 1.84. The standard InChI is InChI=1S/C13H20N4O2S/c1-20-13(7-3-2-4-8-13)9-15-12-10(17(18)19)5-6-11(14)16-12/h5-6H,2-4,7-9H2,1H3,(H3,14,15,16). The van der Waals surface area contributed by atoms with E-state index in [2.05, 4.69) is 16.6 Å². The van der Waals surface area contributed by atoms with Gasteiger partial charge in [-0.2, -0.15) is 11.8 Å². The molecule has 1 aromatic rings. The minimum absolute atomic E-state index is 0.0220. The van der Waals surface area contributed by atoms with Gasteiger partial charge in [0.2, 0.25) is 5.82 Å². The fourth-order valence-electron chi connectivity index (χ4n) is 2.64. The van der Waals surface area contributed by atoms with Crippen molar-refractivity contribution in [3.05, 3.63) is 22.2 Å². The van der Waals surface area contributed by atoms with Crippen LogP contribution in [0.3, 0.4) is 0 Å². The Hall–Kier alpha value is -1.50. The molecule has 110 valence electrons. The molecule has 1 aliphatic rings. The van der Waals surface area contributed by atoms with E-state index in [1.54, 1.807) is 0 Å². The van der Waals surface area contributed by atoms with Gasteiger partial charge in [-0.15, -0.1) is 0 Å². The third-order valence-electron chi connectivity index (χ3n) is 3.87. The summed E-state index contributed by atoms with van der Waals surface area (Å²) in [6.07, 6.45) is 8.09. The molecule has 0 amide bonds. The molecule has 1 heterocycles. The van der Waals surface area contributed by atoms with E-state index in [1.807, 2.05) is 11.8 Å². The number of hydrogen-bond donors (Lipinski definition) is 2. The highest BCUT2D eigenvalue weighted by Crippen LogP contribution is 2.39. The van der Waals surface area contributed by atoms with Crippen molar-refractivity contribution in [2.24, 2.45) is 0 Å². The Balaban J connectivity index is 2.13. The Labute approximate surface area is 122 Å². The maximum Gasteiger partial charge on any atom is 0.311 e. The molecule has 0 unspecified atom stereocenters. The molecule has 0 aromatic carbocycles. The maximum absolute atomic E-state index is 11.0. The average Bonchev–Trinajstić information content (AvgIpc) is 2.46. The lowest BCUT2D eigenvalue weighted by atomic mass is 9.88. The lowest BCUT2D eigenvalue weighted by Gasteiger charge is -2.35. The van der Waals surface area contributed by atoms with Crippen LogP contribution >= 0.6 is 11.8 Å². The first-order valence-electron chi connectivity index (χ1n) is 6.76. The first-order valence-corrected chi connectivity index (χ1v) is 7.99. The highest BCUT2D eigenvalue weighted by atomic mass is 32.2. The predicted octanol–water partition coefficient (Wildman–Crippen LogP) is 3.05. The number of nitrogens with one attached hydrogen (secondary N) is 1. The van der Waals surface area contributed by atoms with Crippen LogP contribution in [0.2, 0.25) is 0 Å². The molecule has 1 saturated carbocycles. The summed E-state index contributed by atoms with van der Waals surface area (Å²) in [6, 6.07) is 2.85. The van der Waals surface area contributed by atoms with Gasteiger partial charge in [0.25, 0.3) is 0 Å². The molecule has 0 aliphatic heterocycles. The lowest BCUT2D eigenvalue weighted by molar-refractivity contribution is -0.384. The highest BCUT2D eigenvalue weighted by Gasteiger charge is 2.31. The van der Waals surface area contributed by atoms with Crippen LogP contribution in [0, 0.1) is 10.1 Å². The highest BCUT2D eigenvalue weighted by molar-refractivity contribution is 8.00. The van der Waals surface area contributed by atoms with Crippen molar-refractivity contribution in [2.75, 3.05) is 23.9 Å². The Kier molecular flexibility index (Phi) is 4.69. The molecule has 2 rings (SSSR count). The summed E-state index contributed by atoms with van der Waals surface area (Å²) in [6.45, 7) is 0.686. The quantitative estimate of drug-likeness (QED) is 0.640. The zero-order chi connectivity index (χ0) is 14.6. The Morgan fingerprint density at radius 3 is 2.75 bits per heavy atom. The van der Waals surface area contributed by atoms with Crippen LogP contribution in [0.25, 0.3) is 0 Å². The van der Waals surface area contributed by atoms with Crippen LogP contribution in [0.5, 0.6) is 0 Å². The van der Waals surface area contributed by atoms with Crippen molar-refractivity contribution < 1.29 is 4.92 Å². The Morgan fingerprint density at radius 2 is 2.15 bits per heavy atom. The predicted molar refractivity (Wildman–Crippen MR) is 83.1 cm³/mol. The molecule has 0 bridgehead atoms. The smallest absolute Gasteiger partial charge is 0.311 e. The van der Waals surface area contributed by atoms with Crippen molar-refractivity contribution >= 4 is 29.1 Å². The number of anilines is 2. The van der Waals surface area contributed by atoms with Gasteiger partial charge in [-0.25, -0.2) is 4.98 Å². The summed E-state index contributed by atoms with van der Waals surface area (Å²) < 4.78 is 0.151. The van der Waals surface area contributed by atoms with Crippen LogP contribution in [-0.4, -0.2) is 27.5 Å². The summed E-state index contributed by atoms with van der Waals surface area (Å²) in [4.78, 5) is 14.6. The molecule has 1 aromatic heterocycles. The van der Waals surface area contributed by atoms with E-state index in [0.717, 1.165) is 12.8 Å². The molecule has 20 heavy (non-hydrogen) atoms. The molecule has 0 atom stereocenters. The van der Waals surface area contributed by atoms with Gasteiger partial charge in [0.05, 0.1) is 4.92 Å². The number of thioether (sulfide) groups is 1. The zero-order valence-corrected chi connectivity index (χ0v) is 12.4. The molecule has 7 heteroatoms. The van der Waals surface area contributed by atoms with Crippen molar-refractivity contribution in [2.45, 2.75) is 36.9 Å². The topological polar surface area (TPSA) is 94.1 Å². The molecule has 0 spiro atoms. The van der Waals surface area contributed by atoms with Crippen LogP contribution < -0.4 is 11.1 Å². The van der Waals surface area contributed by atoms with Crippen LogP contribution in [-0.2, 0) is 0 Å². The first kappa shape index (κ1) is 14.9. The molecular weight excluding hydrogens is 276 g/mol. The maximum atomic E-state index is 11.0. The van der Waals surface area contributed by atoms with Gasteiger partial charge < -0.3 is 11.1 Å². The van der Waals surface area contributed by atoms with E-state index in [0.29, 0.717) is 12.4 Å². The summed E-state index contributed by atoms with van der Waals surface area (Å²) in [5.74, 6) is 0.564. The fraction of sp³-hybridized carbons (Fsp3) is 0.615. The molecule has 0 radical (unpaired) electrons. The van der Waals surface area contributed by atoms with Crippen LogP contribution in [0.1, 0.15) is 32.1 Å². The van der Waals surface area contributed by atoms with Crippen molar-refractivity contribution in [3.8, 4) is 0 Å². The average molecular weight is 296 g/mol. The molecule has 3 N–H and O–H groups in total. The number of nitrogen functional groups attached to an aromatic ring is 1.